The van der Waals surface area contributed by atoms with Crippen LogP contribution in [0.1, 0.15) is 13.8 Å². The van der Waals surface area contributed by atoms with Crippen molar-refractivity contribution in [2.24, 2.45) is 26.6 Å². The summed E-state index contributed by atoms with van der Waals surface area (Å²) in [7, 11) is 0. The first-order valence-corrected chi connectivity index (χ1v) is 4.44. The van der Waals surface area contributed by atoms with Crippen LogP contribution in [0.5, 0.6) is 0 Å². The van der Waals surface area contributed by atoms with E-state index in [1.165, 1.54) is 0 Å². The Bertz CT molecular complexity index is 217. The highest BCUT2D eigenvalue weighted by Crippen LogP contribution is 2.48. The molecule has 0 atom stereocenters. The lowest BCUT2D eigenvalue weighted by atomic mass is 10.00. The van der Waals surface area contributed by atoms with Crippen molar-refractivity contribution in [3.63, 3.8) is 0 Å². The van der Waals surface area contributed by atoms with E-state index < -0.39 is 9.46 Å². The fourth-order valence-electron chi connectivity index (χ4n) is 0.868. The third-order valence-corrected chi connectivity index (χ3v) is 2.49. The molecule has 0 bridgehead atoms. The normalized spacial score (nSPS) is 20.8. The van der Waals surface area contributed by atoms with Crippen LogP contribution in [0.25, 0.3) is 0 Å². The molecule has 0 radical (unpaired) electrons. The number of alkyl halides is 3. The van der Waals surface area contributed by atoms with Crippen LogP contribution in [-0.4, -0.2) is 9.46 Å². The lowest BCUT2D eigenvalue weighted by Gasteiger charge is -2.30. The van der Waals surface area contributed by atoms with Gasteiger partial charge in [0, 0.05) is 5.92 Å². The molecule has 0 aromatic heterocycles. The summed E-state index contributed by atoms with van der Waals surface area (Å²) >= 11 is 17.1. The van der Waals surface area contributed by atoms with E-state index in [0.717, 1.165) is 0 Å². The molecular formula is C5H7Cl3N4. The first-order valence-electron chi connectivity index (χ1n) is 3.31. The number of rotatable bonds is 1. The summed E-state index contributed by atoms with van der Waals surface area (Å²) in [6.07, 6.45) is 0. The van der Waals surface area contributed by atoms with Crippen LogP contribution >= 0.6 is 34.8 Å². The zero-order chi connectivity index (χ0) is 9.41. The summed E-state index contributed by atoms with van der Waals surface area (Å²) in [5.41, 5.74) is -1.16. The van der Waals surface area contributed by atoms with Crippen molar-refractivity contribution in [3.8, 4) is 0 Å². The zero-order valence-electron chi connectivity index (χ0n) is 6.50. The topological polar surface area (TPSA) is 49.4 Å². The number of hydrogen-bond donors (Lipinski definition) is 0. The van der Waals surface area contributed by atoms with E-state index >= 15 is 0 Å². The van der Waals surface area contributed by atoms with E-state index in [4.69, 9.17) is 34.8 Å². The largest absolute Gasteiger partial charge is 0.243 e. The first kappa shape index (κ1) is 10.2. The maximum atomic E-state index is 5.71. The summed E-state index contributed by atoms with van der Waals surface area (Å²) in [5.74, 6) is -0.0694. The van der Waals surface area contributed by atoms with Gasteiger partial charge < -0.3 is 0 Å². The van der Waals surface area contributed by atoms with Crippen molar-refractivity contribution < 1.29 is 0 Å². The van der Waals surface area contributed by atoms with Crippen molar-refractivity contribution in [3.05, 3.63) is 0 Å². The van der Waals surface area contributed by atoms with Gasteiger partial charge in [-0.3, -0.25) is 0 Å². The van der Waals surface area contributed by atoms with Crippen LogP contribution in [0, 0.1) is 5.92 Å². The summed E-state index contributed by atoms with van der Waals surface area (Å²) in [6, 6.07) is 0. The van der Waals surface area contributed by atoms with Crippen molar-refractivity contribution in [1.29, 1.82) is 0 Å². The van der Waals surface area contributed by atoms with Gasteiger partial charge in [-0.25, -0.2) is 0 Å². The molecule has 1 aliphatic rings. The van der Waals surface area contributed by atoms with E-state index in [1.807, 2.05) is 13.8 Å². The summed E-state index contributed by atoms with van der Waals surface area (Å²) in [5, 5.41) is 14.2. The van der Waals surface area contributed by atoms with E-state index in [-0.39, 0.29) is 5.92 Å². The monoisotopic (exact) mass is 228 g/mol. The van der Waals surface area contributed by atoms with Crippen molar-refractivity contribution >= 4 is 34.8 Å². The standard InChI is InChI=1S/C5H7Cl3N4/c1-3(2)4(5(6,7)8)9-11-12-10-4/h3H,1-2H3. The molecule has 0 N–H and O–H groups in total. The van der Waals surface area contributed by atoms with Gasteiger partial charge in [-0.05, 0) is 10.4 Å². The van der Waals surface area contributed by atoms with E-state index in [2.05, 4.69) is 20.7 Å². The fourth-order valence-corrected chi connectivity index (χ4v) is 1.75. The highest BCUT2D eigenvalue weighted by atomic mass is 35.6. The Hall–Kier alpha value is 0.0700. The summed E-state index contributed by atoms with van der Waals surface area (Å²) < 4.78 is -1.61. The van der Waals surface area contributed by atoms with Crippen LogP contribution in [0.15, 0.2) is 20.7 Å². The molecule has 12 heavy (non-hydrogen) atoms. The predicted molar refractivity (Wildman–Crippen MR) is 47.6 cm³/mol. The SMILES string of the molecule is CC(C)C1(C(Cl)(Cl)Cl)N=NN=N1. The molecule has 0 aromatic rings. The molecule has 0 fully saturated rings. The Kier molecular flexibility index (Phi) is 2.61. The van der Waals surface area contributed by atoms with Gasteiger partial charge in [0.25, 0.3) is 0 Å². The van der Waals surface area contributed by atoms with E-state index in [1.54, 1.807) is 0 Å². The number of halogens is 3. The Morgan fingerprint density at radius 2 is 1.50 bits per heavy atom. The highest BCUT2D eigenvalue weighted by molar-refractivity contribution is 6.68. The van der Waals surface area contributed by atoms with Gasteiger partial charge >= 0.3 is 0 Å². The second kappa shape index (κ2) is 3.09. The molecule has 7 heteroatoms. The summed E-state index contributed by atoms with van der Waals surface area (Å²) in [6.45, 7) is 3.68. The minimum Gasteiger partial charge on any atom is -0.130 e. The predicted octanol–water partition coefficient (Wildman–Crippen LogP) is 3.54. The van der Waals surface area contributed by atoms with Crippen LogP contribution in [0.3, 0.4) is 0 Å². The van der Waals surface area contributed by atoms with E-state index in [9.17, 15) is 0 Å². The zero-order valence-corrected chi connectivity index (χ0v) is 8.77. The highest BCUT2D eigenvalue weighted by Gasteiger charge is 2.54. The molecule has 0 amide bonds. The van der Waals surface area contributed by atoms with Crippen LogP contribution in [0.4, 0.5) is 0 Å². The molecule has 68 valence electrons. The minimum atomic E-state index is -1.61. The number of nitrogens with zero attached hydrogens (tertiary/aromatic N) is 4. The Morgan fingerprint density at radius 3 is 1.67 bits per heavy atom. The van der Waals surface area contributed by atoms with Gasteiger partial charge in [0.05, 0.1) is 0 Å². The maximum absolute atomic E-state index is 5.71. The average Bonchev–Trinajstić information content (AvgIpc) is 2.31. The van der Waals surface area contributed by atoms with Crippen molar-refractivity contribution in [1.82, 2.24) is 0 Å². The Morgan fingerprint density at radius 1 is 1.08 bits per heavy atom. The lowest BCUT2D eigenvalue weighted by molar-refractivity contribution is 0.326. The van der Waals surface area contributed by atoms with Gasteiger partial charge in [-0.15, -0.1) is 10.2 Å². The molecule has 0 saturated carbocycles. The van der Waals surface area contributed by atoms with E-state index in [0.29, 0.717) is 0 Å². The average molecular weight is 229 g/mol. The number of hydrogen-bond acceptors (Lipinski definition) is 4. The molecule has 1 aliphatic heterocycles. The first-order chi connectivity index (χ1) is 5.40. The third-order valence-electron chi connectivity index (χ3n) is 1.66. The van der Waals surface area contributed by atoms with Crippen LogP contribution in [-0.2, 0) is 0 Å². The molecule has 4 nitrogen and oxygen atoms in total. The molecule has 0 spiro atoms. The van der Waals surface area contributed by atoms with Gasteiger partial charge in [0.15, 0.2) is 0 Å². The fraction of sp³-hybridized carbons (Fsp3) is 1.00. The molecule has 1 heterocycles. The van der Waals surface area contributed by atoms with Crippen molar-refractivity contribution in [2.45, 2.75) is 23.3 Å². The second-order valence-corrected chi connectivity index (χ2v) is 5.04. The smallest absolute Gasteiger partial charge is 0.130 e. The van der Waals surface area contributed by atoms with Gasteiger partial charge in [0.2, 0.25) is 9.46 Å². The Balaban J connectivity index is 3.05. The molecule has 0 aromatic carbocycles. The third kappa shape index (κ3) is 1.43. The quantitative estimate of drug-likeness (QED) is 0.618. The molecular weight excluding hydrogens is 222 g/mol. The van der Waals surface area contributed by atoms with Gasteiger partial charge in [-0.2, -0.15) is 0 Å². The lowest BCUT2D eigenvalue weighted by Crippen LogP contribution is -2.42. The van der Waals surface area contributed by atoms with Gasteiger partial charge in [0.1, 0.15) is 0 Å². The van der Waals surface area contributed by atoms with Gasteiger partial charge in [-0.1, -0.05) is 48.7 Å². The van der Waals surface area contributed by atoms with Crippen molar-refractivity contribution in [2.75, 3.05) is 0 Å². The molecule has 0 aliphatic carbocycles. The van der Waals surface area contributed by atoms with Crippen LogP contribution < -0.4 is 0 Å². The summed E-state index contributed by atoms with van der Waals surface area (Å²) in [4.78, 5) is 0. The minimum absolute atomic E-state index is 0.0694. The molecule has 0 saturated heterocycles. The van der Waals surface area contributed by atoms with Crippen LogP contribution in [0.2, 0.25) is 0 Å². The second-order valence-electron chi connectivity index (χ2n) is 2.76. The Labute approximate surface area is 85.0 Å². The molecule has 0 unspecified atom stereocenters. The maximum Gasteiger partial charge on any atom is 0.243 e. The molecule has 1 rings (SSSR count).